The zero-order valence-corrected chi connectivity index (χ0v) is 14.0. The van der Waals surface area contributed by atoms with Crippen molar-refractivity contribution in [3.05, 3.63) is 34.2 Å². The fourth-order valence-electron chi connectivity index (χ4n) is 2.57. The number of hydrogen-bond donors (Lipinski definition) is 1. The molecule has 0 saturated heterocycles. The van der Waals surface area contributed by atoms with Crippen molar-refractivity contribution in [1.82, 2.24) is 14.5 Å². The van der Waals surface area contributed by atoms with Gasteiger partial charge in [-0.3, -0.25) is 9.13 Å². The van der Waals surface area contributed by atoms with Crippen molar-refractivity contribution in [1.29, 1.82) is 0 Å². The monoisotopic (exact) mass is 311 g/mol. The van der Waals surface area contributed by atoms with Crippen molar-refractivity contribution in [2.75, 3.05) is 6.54 Å². The van der Waals surface area contributed by atoms with Crippen molar-refractivity contribution >= 4 is 23.4 Å². The summed E-state index contributed by atoms with van der Waals surface area (Å²) in [5.74, 6) is 0. The number of hydrogen-bond acceptors (Lipinski definition) is 2. The largest absolute Gasteiger partial charge is 0.328 e. The van der Waals surface area contributed by atoms with Gasteiger partial charge >= 0.3 is 5.69 Å². The summed E-state index contributed by atoms with van der Waals surface area (Å²) in [7, 11) is 3.64. The van der Waals surface area contributed by atoms with E-state index < -0.39 is 0 Å². The molecule has 0 bridgehead atoms. The topological polar surface area (TPSA) is 39.0 Å². The first-order chi connectivity index (χ1) is 9.65. The SMILES string of the molecule is CCCCCCNCc1ccc2c(c1)n(C)c(=O)n2C.Cl. The van der Waals surface area contributed by atoms with E-state index in [1.165, 1.54) is 31.2 Å². The summed E-state index contributed by atoms with van der Waals surface area (Å²) in [6.07, 6.45) is 5.13. The van der Waals surface area contributed by atoms with Crippen LogP contribution in [0.4, 0.5) is 0 Å². The summed E-state index contributed by atoms with van der Waals surface area (Å²) < 4.78 is 3.40. The first-order valence-electron chi connectivity index (χ1n) is 7.50. The molecular weight excluding hydrogens is 286 g/mol. The van der Waals surface area contributed by atoms with Gasteiger partial charge in [-0.15, -0.1) is 12.4 Å². The van der Waals surface area contributed by atoms with Gasteiger partial charge < -0.3 is 5.32 Å². The lowest BCUT2D eigenvalue weighted by Crippen LogP contribution is -2.19. The number of fused-ring (bicyclic) bond motifs is 1. The molecule has 0 aliphatic carbocycles. The highest BCUT2D eigenvalue weighted by Gasteiger charge is 2.07. The van der Waals surface area contributed by atoms with Crippen LogP contribution in [0.2, 0.25) is 0 Å². The Bertz CT molecular complexity index is 630. The maximum Gasteiger partial charge on any atom is 0.328 e. The predicted octanol–water partition coefficient (Wildman–Crippen LogP) is 2.97. The van der Waals surface area contributed by atoms with Gasteiger partial charge in [0.2, 0.25) is 0 Å². The molecule has 2 rings (SSSR count). The van der Waals surface area contributed by atoms with Crippen LogP contribution in [0.1, 0.15) is 38.2 Å². The summed E-state index contributed by atoms with van der Waals surface area (Å²) in [5.41, 5.74) is 3.26. The molecule has 118 valence electrons. The lowest BCUT2D eigenvalue weighted by Gasteiger charge is -2.05. The van der Waals surface area contributed by atoms with Gasteiger partial charge in [0.15, 0.2) is 0 Å². The Morgan fingerprint density at radius 2 is 1.76 bits per heavy atom. The lowest BCUT2D eigenvalue weighted by atomic mass is 10.2. The smallest absolute Gasteiger partial charge is 0.313 e. The molecule has 21 heavy (non-hydrogen) atoms. The normalized spacial score (nSPS) is 10.8. The number of unbranched alkanes of at least 4 members (excludes halogenated alkanes) is 3. The standard InChI is InChI=1S/C16H25N3O.ClH/c1-4-5-6-7-10-17-12-13-8-9-14-15(11-13)19(3)16(20)18(14)2;/h8-9,11,17H,4-7,10,12H2,1-3H3;1H. The minimum Gasteiger partial charge on any atom is -0.313 e. The van der Waals surface area contributed by atoms with Gasteiger partial charge in [-0.1, -0.05) is 32.3 Å². The summed E-state index contributed by atoms with van der Waals surface area (Å²) in [6.45, 7) is 4.16. The van der Waals surface area contributed by atoms with E-state index in [0.717, 1.165) is 24.1 Å². The molecule has 0 fully saturated rings. The zero-order valence-electron chi connectivity index (χ0n) is 13.2. The van der Waals surface area contributed by atoms with Crippen molar-refractivity contribution in [2.24, 2.45) is 14.1 Å². The molecular formula is C16H26ClN3O. The molecule has 0 amide bonds. The quantitative estimate of drug-likeness (QED) is 0.798. The van der Waals surface area contributed by atoms with Gasteiger partial charge in [-0.2, -0.15) is 0 Å². The number of imidazole rings is 1. The highest BCUT2D eigenvalue weighted by atomic mass is 35.5. The summed E-state index contributed by atoms with van der Waals surface area (Å²) in [5, 5.41) is 3.47. The molecule has 5 heteroatoms. The molecule has 0 unspecified atom stereocenters. The molecule has 0 radical (unpaired) electrons. The van der Waals surface area contributed by atoms with E-state index in [4.69, 9.17) is 0 Å². The minimum absolute atomic E-state index is 0. The van der Waals surface area contributed by atoms with Crippen LogP contribution in [0.15, 0.2) is 23.0 Å². The first-order valence-corrected chi connectivity index (χ1v) is 7.50. The molecule has 1 heterocycles. The van der Waals surface area contributed by atoms with Crippen molar-refractivity contribution in [3.63, 3.8) is 0 Å². The number of benzene rings is 1. The third-order valence-corrected chi connectivity index (χ3v) is 3.87. The van der Waals surface area contributed by atoms with Gasteiger partial charge in [-0.05, 0) is 30.7 Å². The van der Waals surface area contributed by atoms with Crippen LogP contribution in [0.5, 0.6) is 0 Å². The van der Waals surface area contributed by atoms with Crippen LogP contribution in [0.25, 0.3) is 11.0 Å². The highest BCUT2D eigenvalue weighted by Crippen LogP contribution is 2.13. The van der Waals surface area contributed by atoms with Crippen molar-refractivity contribution in [3.8, 4) is 0 Å². The molecule has 2 aromatic rings. The van der Waals surface area contributed by atoms with Gasteiger partial charge in [-0.25, -0.2) is 4.79 Å². The summed E-state index contributed by atoms with van der Waals surface area (Å²) >= 11 is 0. The van der Waals surface area contributed by atoms with E-state index in [2.05, 4.69) is 24.4 Å². The molecule has 0 aliphatic heterocycles. The Kier molecular flexibility index (Phi) is 6.99. The second kappa shape index (κ2) is 8.25. The molecule has 4 nitrogen and oxygen atoms in total. The maximum absolute atomic E-state index is 11.9. The fraction of sp³-hybridized carbons (Fsp3) is 0.562. The Labute approximate surface area is 132 Å². The van der Waals surface area contributed by atoms with Gasteiger partial charge in [0.25, 0.3) is 0 Å². The maximum atomic E-state index is 11.9. The van der Waals surface area contributed by atoms with Crippen LogP contribution < -0.4 is 11.0 Å². The second-order valence-electron chi connectivity index (χ2n) is 5.46. The fourth-order valence-corrected chi connectivity index (χ4v) is 2.57. The van der Waals surface area contributed by atoms with E-state index in [1.807, 2.05) is 20.2 Å². The number of rotatable bonds is 7. The lowest BCUT2D eigenvalue weighted by molar-refractivity contribution is 0.598. The minimum atomic E-state index is 0. The predicted molar refractivity (Wildman–Crippen MR) is 91.3 cm³/mol. The number of nitrogens with one attached hydrogen (secondary N) is 1. The molecule has 0 atom stereocenters. The average Bonchev–Trinajstić information content (AvgIpc) is 2.67. The van der Waals surface area contributed by atoms with Crippen LogP contribution in [-0.2, 0) is 20.6 Å². The van der Waals surface area contributed by atoms with Crippen molar-refractivity contribution < 1.29 is 0 Å². The molecule has 0 saturated carbocycles. The van der Waals surface area contributed by atoms with E-state index in [1.54, 1.807) is 9.13 Å². The summed E-state index contributed by atoms with van der Waals surface area (Å²) in [4.78, 5) is 11.9. The third-order valence-electron chi connectivity index (χ3n) is 3.87. The van der Waals surface area contributed by atoms with Crippen LogP contribution in [0, 0.1) is 0 Å². The number of nitrogens with zero attached hydrogens (tertiary/aromatic N) is 2. The van der Waals surface area contributed by atoms with Gasteiger partial charge in [0.1, 0.15) is 0 Å². The second-order valence-corrected chi connectivity index (χ2v) is 5.46. The number of aryl methyl sites for hydroxylation is 2. The van der Waals surface area contributed by atoms with Crippen molar-refractivity contribution in [2.45, 2.75) is 39.2 Å². The molecule has 1 aromatic carbocycles. The zero-order chi connectivity index (χ0) is 14.5. The third kappa shape index (κ3) is 4.11. The Hall–Kier alpha value is -1.26. The Balaban J connectivity index is 0.00000220. The van der Waals surface area contributed by atoms with E-state index in [9.17, 15) is 4.79 Å². The van der Waals surface area contributed by atoms with Gasteiger partial charge in [0.05, 0.1) is 11.0 Å². The number of halogens is 1. The summed E-state index contributed by atoms with van der Waals surface area (Å²) in [6, 6.07) is 6.24. The van der Waals surface area contributed by atoms with Crippen LogP contribution in [-0.4, -0.2) is 15.7 Å². The van der Waals surface area contributed by atoms with Crippen LogP contribution in [0.3, 0.4) is 0 Å². The Morgan fingerprint density at radius 3 is 2.48 bits per heavy atom. The number of aromatic nitrogens is 2. The van der Waals surface area contributed by atoms with E-state index in [0.29, 0.717) is 0 Å². The molecule has 1 N–H and O–H groups in total. The first kappa shape index (κ1) is 17.8. The van der Waals surface area contributed by atoms with Crippen LogP contribution >= 0.6 is 12.4 Å². The molecule has 0 spiro atoms. The molecule has 0 aliphatic rings. The Morgan fingerprint density at radius 1 is 1.05 bits per heavy atom. The molecule has 1 aromatic heterocycles. The van der Waals surface area contributed by atoms with E-state index in [-0.39, 0.29) is 18.1 Å². The van der Waals surface area contributed by atoms with Gasteiger partial charge in [0, 0.05) is 20.6 Å². The average molecular weight is 312 g/mol. The highest BCUT2D eigenvalue weighted by molar-refractivity contribution is 5.85. The van der Waals surface area contributed by atoms with E-state index >= 15 is 0 Å².